The fourth-order valence-corrected chi connectivity index (χ4v) is 3.44. The van der Waals surface area contributed by atoms with Gasteiger partial charge in [-0.2, -0.15) is 0 Å². The zero-order valence-electron chi connectivity index (χ0n) is 16.5. The molecular weight excluding hydrogens is 414 g/mol. The minimum absolute atomic E-state index is 0.0242. The number of halogens is 1. The van der Waals surface area contributed by atoms with Crippen molar-refractivity contribution in [3.05, 3.63) is 62.7 Å². The number of nitrogens with zero attached hydrogens (tertiary/aromatic N) is 3. The van der Waals surface area contributed by atoms with E-state index < -0.39 is 4.92 Å². The molecule has 0 N–H and O–H groups in total. The number of rotatable bonds is 5. The average molecular weight is 434 g/mol. The Morgan fingerprint density at radius 3 is 1.93 bits per heavy atom. The highest BCUT2D eigenvalue weighted by molar-refractivity contribution is 6.34. The molecule has 0 aliphatic carbocycles. The van der Waals surface area contributed by atoms with Gasteiger partial charge in [-0.15, -0.1) is 0 Å². The summed E-state index contributed by atoms with van der Waals surface area (Å²) in [6.07, 6.45) is 0. The van der Waals surface area contributed by atoms with Crippen molar-refractivity contribution in [3.63, 3.8) is 0 Å². The molecule has 0 saturated carbocycles. The maximum atomic E-state index is 12.9. The van der Waals surface area contributed by atoms with Crippen molar-refractivity contribution < 1.29 is 24.0 Å². The van der Waals surface area contributed by atoms with Crippen LogP contribution in [0.1, 0.15) is 20.7 Å². The van der Waals surface area contributed by atoms with Crippen LogP contribution in [0.5, 0.6) is 11.5 Å². The number of piperazine rings is 1. The lowest BCUT2D eigenvalue weighted by molar-refractivity contribution is -0.384. The second kappa shape index (κ2) is 9.00. The van der Waals surface area contributed by atoms with Crippen LogP contribution in [0.2, 0.25) is 5.02 Å². The Labute approximate surface area is 177 Å². The lowest BCUT2D eigenvalue weighted by atomic mass is 10.1. The zero-order chi connectivity index (χ0) is 21.8. The molecule has 0 aromatic heterocycles. The Balaban J connectivity index is 1.68. The van der Waals surface area contributed by atoms with Crippen molar-refractivity contribution in [2.24, 2.45) is 0 Å². The fraction of sp³-hybridized carbons (Fsp3) is 0.300. The first-order valence-corrected chi connectivity index (χ1v) is 9.47. The molecular formula is C20H20ClN3O6. The Hall–Kier alpha value is -3.33. The van der Waals surface area contributed by atoms with Crippen molar-refractivity contribution >= 4 is 29.1 Å². The number of benzene rings is 2. The van der Waals surface area contributed by atoms with Crippen LogP contribution in [-0.4, -0.2) is 66.9 Å². The van der Waals surface area contributed by atoms with E-state index in [-0.39, 0.29) is 28.1 Å². The van der Waals surface area contributed by atoms with E-state index in [1.54, 1.807) is 28.0 Å². The van der Waals surface area contributed by atoms with Crippen LogP contribution in [0.3, 0.4) is 0 Å². The molecule has 2 amide bonds. The third-order valence-electron chi connectivity index (χ3n) is 4.85. The summed E-state index contributed by atoms with van der Waals surface area (Å²) < 4.78 is 10.4. The molecule has 2 aromatic carbocycles. The van der Waals surface area contributed by atoms with Gasteiger partial charge in [0.25, 0.3) is 17.5 Å². The molecule has 1 aliphatic heterocycles. The standard InChI is InChI=1S/C20H20ClN3O6/c1-29-15-9-13(10-16(12-15)30-2)19(25)22-5-7-23(8-6-22)20(26)17-4-3-14(24(27)28)11-18(17)21/h3-4,9-12H,5-8H2,1-2H3. The highest BCUT2D eigenvalue weighted by Gasteiger charge is 2.27. The third-order valence-corrected chi connectivity index (χ3v) is 5.16. The van der Waals surface area contributed by atoms with Gasteiger partial charge in [0.15, 0.2) is 0 Å². The molecule has 1 fully saturated rings. The minimum Gasteiger partial charge on any atom is -0.497 e. The molecule has 10 heteroatoms. The Kier molecular flexibility index (Phi) is 6.41. The van der Waals surface area contributed by atoms with E-state index in [0.717, 1.165) is 6.07 Å². The summed E-state index contributed by atoms with van der Waals surface area (Å²) in [6.45, 7) is 1.32. The van der Waals surface area contributed by atoms with E-state index in [2.05, 4.69) is 0 Å². The summed E-state index contributed by atoms with van der Waals surface area (Å²) in [5.74, 6) is 0.511. The first-order valence-electron chi connectivity index (χ1n) is 9.09. The van der Waals surface area contributed by atoms with Gasteiger partial charge in [0.2, 0.25) is 0 Å². The van der Waals surface area contributed by atoms with Gasteiger partial charge in [-0.25, -0.2) is 0 Å². The number of amides is 2. The fourth-order valence-electron chi connectivity index (χ4n) is 3.19. The largest absolute Gasteiger partial charge is 0.497 e. The predicted octanol–water partition coefficient (Wildman–Crippen LogP) is 2.86. The van der Waals surface area contributed by atoms with Crippen LogP contribution < -0.4 is 9.47 Å². The SMILES string of the molecule is COc1cc(OC)cc(C(=O)N2CCN(C(=O)c3ccc([N+](=O)[O-])cc3Cl)CC2)c1. The number of carbonyl (C=O) groups excluding carboxylic acids is 2. The van der Waals surface area contributed by atoms with Crippen LogP contribution >= 0.6 is 11.6 Å². The lowest BCUT2D eigenvalue weighted by Gasteiger charge is -2.35. The first kappa shape index (κ1) is 21.4. The molecule has 30 heavy (non-hydrogen) atoms. The summed E-state index contributed by atoms with van der Waals surface area (Å²) >= 11 is 6.06. The van der Waals surface area contributed by atoms with Crippen LogP contribution in [0, 0.1) is 10.1 Å². The highest BCUT2D eigenvalue weighted by atomic mass is 35.5. The number of nitro benzene ring substituents is 1. The Bertz CT molecular complexity index is 966. The minimum atomic E-state index is -0.571. The van der Waals surface area contributed by atoms with Crippen LogP contribution in [-0.2, 0) is 0 Å². The first-order chi connectivity index (χ1) is 14.3. The van der Waals surface area contributed by atoms with Gasteiger partial charge in [0.1, 0.15) is 11.5 Å². The molecule has 0 unspecified atom stereocenters. The van der Waals surface area contributed by atoms with Gasteiger partial charge in [0, 0.05) is 49.9 Å². The van der Waals surface area contributed by atoms with Crippen LogP contribution in [0.4, 0.5) is 5.69 Å². The van der Waals surface area contributed by atoms with Crippen molar-refractivity contribution in [2.45, 2.75) is 0 Å². The van der Waals surface area contributed by atoms with Gasteiger partial charge in [-0.1, -0.05) is 11.6 Å². The van der Waals surface area contributed by atoms with E-state index >= 15 is 0 Å². The third kappa shape index (κ3) is 4.46. The summed E-state index contributed by atoms with van der Waals surface area (Å²) in [7, 11) is 3.02. The summed E-state index contributed by atoms with van der Waals surface area (Å²) in [6, 6.07) is 8.71. The number of hydrogen-bond donors (Lipinski definition) is 0. The van der Waals surface area contributed by atoms with E-state index in [1.807, 2.05) is 0 Å². The molecule has 0 radical (unpaired) electrons. The number of non-ortho nitro benzene ring substituents is 1. The zero-order valence-corrected chi connectivity index (χ0v) is 17.2. The molecule has 2 aromatic rings. The Morgan fingerprint density at radius 2 is 1.47 bits per heavy atom. The number of methoxy groups -OCH3 is 2. The van der Waals surface area contributed by atoms with Crippen LogP contribution in [0.15, 0.2) is 36.4 Å². The molecule has 1 heterocycles. The molecule has 9 nitrogen and oxygen atoms in total. The van der Waals surface area contributed by atoms with Crippen molar-refractivity contribution in [3.8, 4) is 11.5 Å². The number of nitro groups is 1. The molecule has 0 spiro atoms. The second-order valence-corrected chi connectivity index (χ2v) is 7.01. The molecule has 0 bridgehead atoms. The van der Waals surface area contributed by atoms with Crippen LogP contribution in [0.25, 0.3) is 0 Å². The number of hydrogen-bond acceptors (Lipinski definition) is 6. The highest BCUT2D eigenvalue weighted by Crippen LogP contribution is 2.26. The maximum absolute atomic E-state index is 12.9. The van der Waals surface area contributed by atoms with Crippen molar-refractivity contribution in [2.75, 3.05) is 40.4 Å². The summed E-state index contributed by atoms with van der Waals surface area (Å²) in [5.41, 5.74) is 0.449. The van der Waals surface area contributed by atoms with Crippen molar-refractivity contribution in [1.82, 2.24) is 9.80 Å². The van der Waals surface area contributed by atoms with Crippen molar-refractivity contribution in [1.29, 1.82) is 0 Å². The van der Waals surface area contributed by atoms with E-state index in [9.17, 15) is 19.7 Å². The smallest absolute Gasteiger partial charge is 0.270 e. The van der Waals surface area contributed by atoms with Gasteiger partial charge in [-0.05, 0) is 18.2 Å². The van der Waals surface area contributed by atoms with E-state index in [0.29, 0.717) is 43.2 Å². The average Bonchev–Trinajstić information content (AvgIpc) is 2.77. The topological polar surface area (TPSA) is 102 Å². The van der Waals surface area contributed by atoms with Gasteiger partial charge in [-0.3, -0.25) is 19.7 Å². The molecule has 3 rings (SSSR count). The predicted molar refractivity (Wildman–Crippen MR) is 109 cm³/mol. The lowest BCUT2D eigenvalue weighted by Crippen LogP contribution is -2.50. The van der Waals surface area contributed by atoms with E-state index in [1.165, 1.54) is 26.4 Å². The van der Waals surface area contributed by atoms with Gasteiger partial charge < -0.3 is 19.3 Å². The quantitative estimate of drug-likeness (QED) is 0.530. The number of ether oxygens (including phenoxy) is 2. The van der Waals surface area contributed by atoms with E-state index in [4.69, 9.17) is 21.1 Å². The molecule has 1 aliphatic rings. The van der Waals surface area contributed by atoms with Gasteiger partial charge >= 0.3 is 0 Å². The summed E-state index contributed by atoms with van der Waals surface area (Å²) in [5, 5.41) is 10.9. The Morgan fingerprint density at radius 1 is 0.933 bits per heavy atom. The second-order valence-electron chi connectivity index (χ2n) is 6.61. The normalized spacial score (nSPS) is 13.7. The molecule has 1 saturated heterocycles. The number of carbonyl (C=O) groups is 2. The van der Waals surface area contributed by atoms with Gasteiger partial charge in [0.05, 0.1) is 29.7 Å². The summed E-state index contributed by atoms with van der Waals surface area (Å²) in [4.78, 5) is 39.1. The monoisotopic (exact) mass is 433 g/mol. The molecule has 158 valence electrons. The molecule has 0 atom stereocenters. The maximum Gasteiger partial charge on any atom is 0.270 e.